The van der Waals surface area contributed by atoms with Crippen LogP contribution in [0.3, 0.4) is 0 Å². The Labute approximate surface area is 126 Å². The summed E-state index contributed by atoms with van der Waals surface area (Å²) in [6, 6.07) is -0.343. The lowest BCUT2D eigenvalue weighted by molar-refractivity contribution is -0.152. The summed E-state index contributed by atoms with van der Waals surface area (Å²) >= 11 is 1.94. The average molecular weight is 298 g/mol. The molecule has 0 radical (unpaired) electrons. The second-order valence-electron chi connectivity index (χ2n) is 5.63. The van der Waals surface area contributed by atoms with Gasteiger partial charge in [0.1, 0.15) is 12.1 Å². The molecule has 2 aliphatic rings. The Hall–Kier alpha value is -0.710. The van der Waals surface area contributed by atoms with E-state index in [0.717, 1.165) is 12.2 Å². The number of amides is 2. The molecule has 1 aliphatic heterocycles. The molecule has 4 nitrogen and oxygen atoms in total. The van der Waals surface area contributed by atoms with Crippen molar-refractivity contribution in [3.05, 3.63) is 0 Å². The molecule has 0 spiro atoms. The molecule has 0 aromatic rings. The van der Waals surface area contributed by atoms with Gasteiger partial charge in [-0.2, -0.15) is 11.8 Å². The van der Waals surface area contributed by atoms with Crippen LogP contribution in [0.15, 0.2) is 0 Å². The summed E-state index contributed by atoms with van der Waals surface area (Å²) in [5.41, 5.74) is 0. The predicted octanol–water partition coefficient (Wildman–Crippen LogP) is 2.18. The summed E-state index contributed by atoms with van der Waals surface area (Å²) in [5.74, 6) is 1.24. The number of piperazine rings is 1. The topological polar surface area (TPSA) is 49.4 Å². The molecule has 4 atom stereocenters. The van der Waals surface area contributed by atoms with Crippen molar-refractivity contribution >= 4 is 23.6 Å². The van der Waals surface area contributed by atoms with E-state index >= 15 is 0 Å². The Morgan fingerprint density at radius 2 is 1.95 bits per heavy atom. The predicted molar refractivity (Wildman–Crippen MR) is 82.7 cm³/mol. The Kier molecular flexibility index (Phi) is 5.35. The first-order valence-electron chi connectivity index (χ1n) is 7.88. The molecule has 1 saturated heterocycles. The van der Waals surface area contributed by atoms with Gasteiger partial charge in [-0.15, -0.1) is 0 Å². The minimum absolute atomic E-state index is 0.0334. The van der Waals surface area contributed by atoms with Crippen molar-refractivity contribution in [2.24, 2.45) is 0 Å². The first-order valence-corrected chi connectivity index (χ1v) is 8.93. The number of rotatable bonds is 5. The van der Waals surface area contributed by atoms with Crippen LogP contribution in [-0.2, 0) is 9.59 Å². The smallest absolute Gasteiger partial charge is 0.246 e. The lowest BCUT2D eigenvalue weighted by Crippen LogP contribution is -2.66. The van der Waals surface area contributed by atoms with Crippen LogP contribution in [0.2, 0.25) is 0 Å². The molecule has 20 heavy (non-hydrogen) atoms. The maximum atomic E-state index is 12.7. The number of hydrogen-bond acceptors (Lipinski definition) is 3. The number of carbonyl (C=O) groups excluding carboxylic acids is 2. The van der Waals surface area contributed by atoms with Crippen molar-refractivity contribution in [3.8, 4) is 0 Å². The van der Waals surface area contributed by atoms with Crippen molar-refractivity contribution in [2.45, 2.75) is 76.3 Å². The molecule has 5 heteroatoms. The number of nitrogens with zero attached hydrogens (tertiary/aromatic N) is 1. The van der Waals surface area contributed by atoms with Gasteiger partial charge in [0.25, 0.3) is 0 Å². The molecule has 0 bridgehead atoms. The molecule has 0 aromatic carbocycles. The Balaban J connectivity index is 2.23. The van der Waals surface area contributed by atoms with Crippen molar-refractivity contribution in [1.29, 1.82) is 0 Å². The van der Waals surface area contributed by atoms with Gasteiger partial charge < -0.3 is 10.2 Å². The van der Waals surface area contributed by atoms with E-state index in [0.29, 0.717) is 18.1 Å². The summed E-state index contributed by atoms with van der Waals surface area (Å²) in [6.07, 6.45) is 4.76. The molecule has 4 unspecified atom stereocenters. The van der Waals surface area contributed by atoms with Crippen molar-refractivity contribution in [3.63, 3.8) is 0 Å². The van der Waals surface area contributed by atoms with Crippen molar-refractivity contribution < 1.29 is 9.59 Å². The summed E-state index contributed by atoms with van der Waals surface area (Å²) in [7, 11) is 0. The van der Waals surface area contributed by atoms with Crippen molar-refractivity contribution in [1.82, 2.24) is 10.2 Å². The van der Waals surface area contributed by atoms with Gasteiger partial charge in [0.15, 0.2) is 0 Å². The molecule has 1 aliphatic carbocycles. The van der Waals surface area contributed by atoms with Crippen LogP contribution in [0.4, 0.5) is 0 Å². The van der Waals surface area contributed by atoms with Crippen molar-refractivity contribution in [2.75, 3.05) is 5.75 Å². The summed E-state index contributed by atoms with van der Waals surface area (Å²) in [5, 5.41) is 3.38. The highest BCUT2D eigenvalue weighted by molar-refractivity contribution is 7.99. The molecule has 114 valence electrons. The zero-order chi connectivity index (χ0) is 14.7. The third-order valence-corrected chi connectivity index (χ3v) is 5.77. The summed E-state index contributed by atoms with van der Waals surface area (Å²) in [4.78, 5) is 26.9. The number of carbonyl (C=O) groups is 2. The van der Waals surface area contributed by atoms with Gasteiger partial charge in [0.2, 0.25) is 11.8 Å². The monoisotopic (exact) mass is 298 g/mol. The highest BCUT2D eigenvalue weighted by Gasteiger charge is 2.45. The van der Waals surface area contributed by atoms with E-state index in [1.54, 1.807) is 0 Å². The third-order valence-electron chi connectivity index (χ3n) is 4.46. The van der Waals surface area contributed by atoms with Gasteiger partial charge in [0, 0.05) is 11.3 Å². The molecule has 1 heterocycles. The van der Waals surface area contributed by atoms with Crippen LogP contribution in [0, 0.1) is 0 Å². The minimum atomic E-state index is -0.321. The standard InChI is InChI=1S/C15H26N2O2S/c1-4-10-15(19)17(11(5-2)14(18)16-10)12-8-7-9-13(12)20-6-3/h10-13H,4-9H2,1-3H3,(H,16,18). The third kappa shape index (κ3) is 2.83. The molecule has 0 aromatic heterocycles. The fraction of sp³-hybridized carbons (Fsp3) is 0.867. The highest BCUT2D eigenvalue weighted by Crippen LogP contribution is 2.36. The number of nitrogens with one attached hydrogen (secondary N) is 1. The quantitative estimate of drug-likeness (QED) is 0.846. The van der Waals surface area contributed by atoms with E-state index in [9.17, 15) is 9.59 Å². The van der Waals surface area contributed by atoms with Crippen LogP contribution in [0.25, 0.3) is 0 Å². The van der Waals surface area contributed by atoms with Gasteiger partial charge in [-0.3, -0.25) is 9.59 Å². The summed E-state index contributed by atoms with van der Waals surface area (Å²) in [6.45, 7) is 6.12. The van der Waals surface area contributed by atoms with Gasteiger partial charge >= 0.3 is 0 Å². The maximum absolute atomic E-state index is 12.7. The molecule has 2 rings (SSSR count). The van der Waals surface area contributed by atoms with Gasteiger partial charge in [-0.05, 0) is 31.4 Å². The van der Waals surface area contributed by atoms with Crippen LogP contribution in [-0.4, -0.2) is 45.8 Å². The van der Waals surface area contributed by atoms with E-state index in [4.69, 9.17) is 0 Å². The van der Waals surface area contributed by atoms with Crippen LogP contribution in [0.1, 0.15) is 52.9 Å². The second-order valence-corrected chi connectivity index (χ2v) is 7.15. The Morgan fingerprint density at radius 1 is 1.20 bits per heavy atom. The van der Waals surface area contributed by atoms with E-state index in [1.165, 1.54) is 12.8 Å². The highest BCUT2D eigenvalue weighted by atomic mass is 32.2. The minimum Gasteiger partial charge on any atom is -0.343 e. The van der Waals surface area contributed by atoms with Gasteiger partial charge in [0.05, 0.1) is 0 Å². The van der Waals surface area contributed by atoms with Gasteiger partial charge in [-0.1, -0.05) is 27.2 Å². The lowest BCUT2D eigenvalue weighted by atomic mass is 10.00. The zero-order valence-electron chi connectivity index (χ0n) is 12.7. The molecule has 1 saturated carbocycles. The fourth-order valence-electron chi connectivity index (χ4n) is 3.48. The molecular formula is C15H26N2O2S. The number of hydrogen-bond donors (Lipinski definition) is 1. The molecule has 2 fully saturated rings. The van der Waals surface area contributed by atoms with Crippen LogP contribution >= 0.6 is 11.8 Å². The Morgan fingerprint density at radius 3 is 2.55 bits per heavy atom. The Bertz CT molecular complexity index is 375. The van der Waals surface area contributed by atoms with E-state index in [1.807, 2.05) is 30.5 Å². The first-order chi connectivity index (χ1) is 9.63. The first kappa shape index (κ1) is 15.7. The van der Waals surface area contributed by atoms with E-state index < -0.39 is 0 Å². The number of thioether (sulfide) groups is 1. The SMILES string of the molecule is CCSC1CCCC1N1C(=O)C(CC)NC(=O)C1CC. The lowest BCUT2D eigenvalue weighted by Gasteiger charge is -2.43. The average Bonchev–Trinajstić information content (AvgIpc) is 2.88. The molecule has 1 N–H and O–H groups in total. The molecule has 2 amide bonds. The van der Waals surface area contributed by atoms with Gasteiger partial charge in [-0.25, -0.2) is 0 Å². The summed E-state index contributed by atoms with van der Waals surface area (Å²) < 4.78 is 0. The van der Waals surface area contributed by atoms with E-state index in [-0.39, 0.29) is 29.9 Å². The molecular weight excluding hydrogens is 272 g/mol. The zero-order valence-corrected chi connectivity index (χ0v) is 13.5. The van der Waals surface area contributed by atoms with Crippen LogP contribution in [0.5, 0.6) is 0 Å². The normalized spacial score (nSPS) is 34.5. The van der Waals surface area contributed by atoms with E-state index in [2.05, 4.69) is 12.2 Å². The maximum Gasteiger partial charge on any atom is 0.246 e. The largest absolute Gasteiger partial charge is 0.343 e. The van der Waals surface area contributed by atoms with Crippen LogP contribution < -0.4 is 5.32 Å². The second kappa shape index (κ2) is 6.83. The fourth-order valence-corrected chi connectivity index (χ4v) is 4.73.